The molecule has 0 saturated heterocycles. The molecule has 0 aliphatic rings. The molecule has 5 nitrogen and oxygen atoms in total. The maximum absolute atomic E-state index is 11.1. The fourth-order valence-corrected chi connectivity index (χ4v) is 0.639. The molecule has 14 heavy (non-hydrogen) atoms. The highest BCUT2D eigenvalue weighted by Crippen LogP contribution is 1.96. The molecule has 5 heteroatoms. The van der Waals surface area contributed by atoms with E-state index in [9.17, 15) is 4.79 Å². The van der Waals surface area contributed by atoms with E-state index >= 15 is 0 Å². The Labute approximate surface area is 83.3 Å². The molecular formula is C9H16O5. The molecule has 0 heterocycles. The summed E-state index contributed by atoms with van der Waals surface area (Å²) in [5.74, 6) is -0.505. The molecule has 0 saturated carbocycles. The van der Waals surface area contributed by atoms with Gasteiger partial charge < -0.3 is 19.3 Å². The SMILES string of the molecule is C=C(COCOC)C(=O)OCCCO. The van der Waals surface area contributed by atoms with Crippen molar-refractivity contribution in [1.82, 2.24) is 0 Å². The number of methoxy groups -OCH3 is 1. The minimum absolute atomic E-state index is 0.0000686. The average molecular weight is 204 g/mol. The van der Waals surface area contributed by atoms with Crippen molar-refractivity contribution in [1.29, 1.82) is 0 Å². The summed E-state index contributed by atoms with van der Waals surface area (Å²) >= 11 is 0. The van der Waals surface area contributed by atoms with Crippen molar-refractivity contribution in [2.24, 2.45) is 0 Å². The Morgan fingerprint density at radius 1 is 1.50 bits per heavy atom. The van der Waals surface area contributed by atoms with E-state index in [0.29, 0.717) is 6.42 Å². The van der Waals surface area contributed by atoms with E-state index in [1.165, 1.54) is 7.11 Å². The van der Waals surface area contributed by atoms with Crippen LogP contribution in [0.4, 0.5) is 0 Å². The van der Waals surface area contributed by atoms with Crippen LogP contribution in [-0.4, -0.2) is 44.8 Å². The van der Waals surface area contributed by atoms with E-state index in [0.717, 1.165) is 0 Å². The molecule has 0 amide bonds. The van der Waals surface area contributed by atoms with Crippen LogP contribution in [0.3, 0.4) is 0 Å². The molecule has 0 spiro atoms. The van der Waals surface area contributed by atoms with E-state index in [1.807, 2.05) is 0 Å². The highest BCUT2D eigenvalue weighted by atomic mass is 16.7. The Balaban J connectivity index is 3.50. The van der Waals surface area contributed by atoms with Gasteiger partial charge in [0.2, 0.25) is 0 Å². The molecule has 0 unspecified atom stereocenters. The first-order valence-electron chi connectivity index (χ1n) is 4.24. The fraction of sp³-hybridized carbons (Fsp3) is 0.667. The Bertz CT molecular complexity index is 158. The molecule has 0 aliphatic carbocycles. The molecule has 0 radical (unpaired) electrons. The number of aliphatic hydroxyl groups excluding tert-OH is 1. The van der Waals surface area contributed by atoms with Crippen LogP contribution in [0.2, 0.25) is 0 Å². The fourth-order valence-electron chi connectivity index (χ4n) is 0.639. The number of hydrogen-bond donors (Lipinski definition) is 1. The Morgan fingerprint density at radius 3 is 2.79 bits per heavy atom. The van der Waals surface area contributed by atoms with Gasteiger partial charge in [-0.2, -0.15) is 0 Å². The van der Waals surface area contributed by atoms with Crippen molar-refractivity contribution in [3.05, 3.63) is 12.2 Å². The standard InChI is InChI=1S/C9H16O5/c1-8(6-13-7-12-2)9(11)14-5-3-4-10/h10H,1,3-7H2,2H3. The van der Waals surface area contributed by atoms with Crippen molar-refractivity contribution >= 4 is 5.97 Å². The first-order chi connectivity index (χ1) is 6.72. The number of ether oxygens (including phenoxy) is 3. The summed E-state index contributed by atoms with van der Waals surface area (Å²) < 4.78 is 14.3. The zero-order valence-electron chi connectivity index (χ0n) is 8.32. The largest absolute Gasteiger partial charge is 0.462 e. The number of hydrogen-bond acceptors (Lipinski definition) is 5. The van der Waals surface area contributed by atoms with Crippen molar-refractivity contribution in [2.45, 2.75) is 6.42 Å². The van der Waals surface area contributed by atoms with Gasteiger partial charge in [-0.3, -0.25) is 0 Å². The van der Waals surface area contributed by atoms with Crippen molar-refractivity contribution in [2.75, 3.05) is 33.7 Å². The van der Waals surface area contributed by atoms with Gasteiger partial charge in [0.05, 0.1) is 18.8 Å². The van der Waals surface area contributed by atoms with Crippen LogP contribution in [0.1, 0.15) is 6.42 Å². The van der Waals surface area contributed by atoms with Crippen molar-refractivity contribution in [3.8, 4) is 0 Å². The Hall–Kier alpha value is -0.910. The lowest BCUT2D eigenvalue weighted by Crippen LogP contribution is -2.13. The van der Waals surface area contributed by atoms with E-state index in [2.05, 4.69) is 11.3 Å². The predicted molar refractivity (Wildman–Crippen MR) is 49.6 cm³/mol. The average Bonchev–Trinajstić information content (AvgIpc) is 2.18. The van der Waals surface area contributed by atoms with Crippen molar-refractivity contribution in [3.63, 3.8) is 0 Å². The molecule has 0 aromatic heterocycles. The third-order valence-electron chi connectivity index (χ3n) is 1.30. The molecule has 0 atom stereocenters. The highest BCUT2D eigenvalue weighted by Gasteiger charge is 2.07. The summed E-state index contributed by atoms with van der Waals surface area (Å²) in [6, 6.07) is 0. The van der Waals surface area contributed by atoms with Gasteiger partial charge in [-0.25, -0.2) is 4.79 Å². The second-order valence-electron chi connectivity index (χ2n) is 2.57. The van der Waals surface area contributed by atoms with Crippen LogP contribution in [0.15, 0.2) is 12.2 Å². The minimum Gasteiger partial charge on any atom is -0.462 e. The molecular weight excluding hydrogens is 188 g/mol. The molecule has 0 aliphatic heterocycles. The number of aliphatic hydroxyl groups is 1. The number of carbonyl (C=O) groups is 1. The van der Waals surface area contributed by atoms with Gasteiger partial charge in [0.15, 0.2) is 0 Å². The quantitative estimate of drug-likeness (QED) is 0.263. The monoisotopic (exact) mass is 204 g/mol. The Kier molecular flexibility index (Phi) is 8.11. The highest BCUT2D eigenvalue weighted by molar-refractivity contribution is 5.87. The van der Waals surface area contributed by atoms with Crippen LogP contribution >= 0.6 is 0 Å². The molecule has 0 aromatic carbocycles. The van der Waals surface area contributed by atoms with Crippen LogP contribution in [0.5, 0.6) is 0 Å². The van der Waals surface area contributed by atoms with E-state index in [4.69, 9.17) is 14.6 Å². The summed E-state index contributed by atoms with van der Waals surface area (Å²) in [4.78, 5) is 11.1. The van der Waals surface area contributed by atoms with Gasteiger partial charge in [0.1, 0.15) is 6.79 Å². The van der Waals surface area contributed by atoms with Gasteiger partial charge in [-0.1, -0.05) is 6.58 Å². The van der Waals surface area contributed by atoms with E-state index in [-0.39, 0.29) is 32.2 Å². The molecule has 0 fully saturated rings. The summed E-state index contributed by atoms with van der Waals surface area (Å²) in [5.41, 5.74) is 0.236. The predicted octanol–water partition coefficient (Wildman–Crippen LogP) is 0.0887. The summed E-state index contributed by atoms with van der Waals surface area (Å²) in [6.45, 7) is 3.88. The van der Waals surface area contributed by atoms with E-state index in [1.54, 1.807) is 0 Å². The zero-order valence-corrected chi connectivity index (χ0v) is 8.32. The third-order valence-corrected chi connectivity index (χ3v) is 1.30. The maximum atomic E-state index is 11.1. The van der Waals surface area contributed by atoms with Gasteiger partial charge in [0.25, 0.3) is 0 Å². The number of carbonyl (C=O) groups excluding carboxylic acids is 1. The van der Waals surface area contributed by atoms with Crippen LogP contribution in [0, 0.1) is 0 Å². The first-order valence-corrected chi connectivity index (χ1v) is 4.24. The lowest BCUT2D eigenvalue weighted by molar-refractivity contribution is -0.140. The maximum Gasteiger partial charge on any atom is 0.335 e. The van der Waals surface area contributed by atoms with Gasteiger partial charge in [-0.15, -0.1) is 0 Å². The zero-order chi connectivity index (χ0) is 10.8. The smallest absolute Gasteiger partial charge is 0.335 e. The molecule has 0 aromatic rings. The second kappa shape index (κ2) is 8.68. The summed E-state index contributed by atoms with van der Waals surface area (Å²) in [5, 5.41) is 8.44. The topological polar surface area (TPSA) is 65.0 Å². The summed E-state index contributed by atoms with van der Waals surface area (Å²) in [7, 11) is 1.49. The minimum atomic E-state index is -0.505. The lowest BCUT2D eigenvalue weighted by Gasteiger charge is -2.06. The normalized spacial score (nSPS) is 9.86. The van der Waals surface area contributed by atoms with E-state index < -0.39 is 5.97 Å². The first kappa shape index (κ1) is 13.1. The van der Waals surface area contributed by atoms with Gasteiger partial charge in [-0.05, 0) is 0 Å². The second-order valence-corrected chi connectivity index (χ2v) is 2.57. The lowest BCUT2D eigenvalue weighted by atomic mass is 10.3. The van der Waals surface area contributed by atoms with Crippen molar-refractivity contribution < 1.29 is 24.1 Å². The number of esters is 1. The third kappa shape index (κ3) is 6.59. The van der Waals surface area contributed by atoms with Gasteiger partial charge in [0, 0.05) is 20.1 Å². The molecule has 0 rings (SSSR count). The van der Waals surface area contributed by atoms with Crippen LogP contribution in [-0.2, 0) is 19.0 Å². The molecule has 0 bridgehead atoms. The Morgan fingerprint density at radius 2 is 2.21 bits per heavy atom. The van der Waals surface area contributed by atoms with Gasteiger partial charge >= 0.3 is 5.97 Å². The molecule has 1 N–H and O–H groups in total. The molecule has 82 valence electrons. The van der Waals surface area contributed by atoms with Crippen LogP contribution < -0.4 is 0 Å². The summed E-state index contributed by atoms with van der Waals surface area (Å²) in [6.07, 6.45) is 0.429. The van der Waals surface area contributed by atoms with Crippen LogP contribution in [0.25, 0.3) is 0 Å². The number of rotatable bonds is 8.